The predicted molar refractivity (Wildman–Crippen MR) is 74.3 cm³/mol. The van der Waals surface area contributed by atoms with Crippen LogP contribution < -0.4 is 4.74 Å². The second-order valence-electron chi connectivity index (χ2n) is 3.38. The van der Waals surface area contributed by atoms with Gasteiger partial charge in [-0.3, -0.25) is 0 Å². The summed E-state index contributed by atoms with van der Waals surface area (Å²) in [6.45, 7) is 4.03. The van der Waals surface area contributed by atoms with Crippen LogP contribution in [0.2, 0.25) is 0 Å². The van der Waals surface area contributed by atoms with Crippen LogP contribution in [0.15, 0.2) is 26.7 Å². The molecule has 0 aliphatic heterocycles. The van der Waals surface area contributed by atoms with Crippen LogP contribution >= 0.6 is 31.9 Å². The highest BCUT2D eigenvalue weighted by Gasteiger charge is 2.08. The van der Waals surface area contributed by atoms with E-state index in [0.29, 0.717) is 6.61 Å². The van der Waals surface area contributed by atoms with E-state index in [1.807, 2.05) is 19.1 Å². The highest BCUT2D eigenvalue weighted by molar-refractivity contribution is 9.11. The van der Waals surface area contributed by atoms with E-state index in [1.165, 1.54) is 0 Å². The number of rotatable bonds is 4. The average molecular weight is 364 g/mol. The molecule has 92 valence electrons. The van der Waals surface area contributed by atoms with Gasteiger partial charge >= 0.3 is 5.97 Å². The Balaban J connectivity index is 3.14. The zero-order valence-corrected chi connectivity index (χ0v) is 12.6. The van der Waals surface area contributed by atoms with Crippen LogP contribution in [0.4, 0.5) is 0 Å². The van der Waals surface area contributed by atoms with Gasteiger partial charge in [-0.1, -0.05) is 0 Å². The number of benzene rings is 1. The first-order chi connectivity index (χ1) is 7.95. The minimum absolute atomic E-state index is 0.285. The number of carbonyl (C=O) groups is 1. The molecule has 1 aromatic rings. The minimum atomic E-state index is -0.925. The summed E-state index contributed by atoms with van der Waals surface area (Å²) in [7, 11) is 0. The normalized spacial score (nSPS) is 11.4. The fourth-order valence-electron chi connectivity index (χ4n) is 1.26. The number of hydrogen-bond donors (Lipinski definition) is 1. The van der Waals surface area contributed by atoms with Crippen molar-refractivity contribution in [2.45, 2.75) is 13.8 Å². The van der Waals surface area contributed by atoms with E-state index in [-0.39, 0.29) is 5.57 Å². The van der Waals surface area contributed by atoms with Crippen LogP contribution in [0.3, 0.4) is 0 Å². The number of aliphatic carboxylic acids is 1. The lowest BCUT2D eigenvalue weighted by molar-refractivity contribution is -0.132. The predicted octanol–water partition coefficient (Wildman–Crippen LogP) is 4.10. The number of ether oxygens (including phenoxy) is 1. The monoisotopic (exact) mass is 362 g/mol. The van der Waals surface area contributed by atoms with Crippen molar-refractivity contribution in [1.82, 2.24) is 0 Å². The van der Waals surface area contributed by atoms with Gasteiger partial charge < -0.3 is 9.84 Å². The van der Waals surface area contributed by atoms with Gasteiger partial charge in [0.05, 0.1) is 15.6 Å². The standard InChI is InChI=1S/C12H12Br2O3/c1-3-17-11-9(13)5-8(6-10(11)14)4-7(2)12(15)16/h4-6H,3H2,1-2H3,(H,15,16). The summed E-state index contributed by atoms with van der Waals surface area (Å²) >= 11 is 6.79. The Hall–Kier alpha value is -0.810. The summed E-state index contributed by atoms with van der Waals surface area (Å²) in [5.74, 6) is -0.205. The summed E-state index contributed by atoms with van der Waals surface area (Å²) in [5.41, 5.74) is 1.08. The molecule has 3 nitrogen and oxygen atoms in total. The van der Waals surface area contributed by atoms with Crippen molar-refractivity contribution in [3.63, 3.8) is 0 Å². The number of hydrogen-bond acceptors (Lipinski definition) is 2. The number of halogens is 2. The molecule has 17 heavy (non-hydrogen) atoms. The molecule has 0 amide bonds. The topological polar surface area (TPSA) is 46.5 Å². The Bertz CT molecular complexity index is 444. The third-order valence-corrected chi connectivity index (χ3v) is 3.21. The van der Waals surface area contributed by atoms with Gasteiger partial charge in [0.2, 0.25) is 0 Å². The fourth-order valence-corrected chi connectivity index (χ4v) is 2.71. The first-order valence-electron chi connectivity index (χ1n) is 4.99. The van der Waals surface area contributed by atoms with Gasteiger partial charge in [0.15, 0.2) is 0 Å². The Morgan fingerprint density at radius 1 is 1.41 bits per heavy atom. The van der Waals surface area contributed by atoms with Crippen molar-refractivity contribution in [3.05, 3.63) is 32.2 Å². The molecule has 0 spiro atoms. The SMILES string of the molecule is CCOc1c(Br)cc(C=C(C)C(=O)O)cc1Br. The van der Waals surface area contributed by atoms with E-state index in [4.69, 9.17) is 9.84 Å². The van der Waals surface area contributed by atoms with Crippen LogP contribution in [0.5, 0.6) is 5.75 Å². The van der Waals surface area contributed by atoms with Crippen molar-refractivity contribution in [3.8, 4) is 5.75 Å². The van der Waals surface area contributed by atoms with Gasteiger partial charge in [-0.05, 0) is 69.5 Å². The van der Waals surface area contributed by atoms with Crippen LogP contribution in [-0.4, -0.2) is 17.7 Å². The molecule has 0 atom stereocenters. The molecule has 0 aromatic heterocycles. The summed E-state index contributed by atoms with van der Waals surface area (Å²) in [6, 6.07) is 3.64. The van der Waals surface area contributed by atoms with E-state index in [2.05, 4.69) is 31.9 Å². The third kappa shape index (κ3) is 3.85. The van der Waals surface area contributed by atoms with Crippen molar-refractivity contribution < 1.29 is 14.6 Å². The van der Waals surface area contributed by atoms with Crippen molar-refractivity contribution >= 4 is 43.9 Å². The van der Waals surface area contributed by atoms with Crippen LogP contribution in [0.1, 0.15) is 19.4 Å². The molecule has 0 heterocycles. The molecular formula is C12H12Br2O3. The number of carboxylic acid groups (broad SMARTS) is 1. The lowest BCUT2D eigenvalue weighted by Crippen LogP contribution is -1.96. The Morgan fingerprint density at radius 3 is 2.35 bits per heavy atom. The highest BCUT2D eigenvalue weighted by atomic mass is 79.9. The molecular weight excluding hydrogens is 352 g/mol. The molecule has 0 fully saturated rings. The van der Waals surface area contributed by atoms with E-state index >= 15 is 0 Å². The van der Waals surface area contributed by atoms with Crippen LogP contribution in [-0.2, 0) is 4.79 Å². The Labute approximate surface area is 117 Å². The van der Waals surface area contributed by atoms with Crippen LogP contribution in [0.25, 0.3) is 6.08 Å². The molecule has 0 aliphatic carbocycles. The summed E-state index contributed by atoms with van der Waals surface area (Å²) < 4.78 is 7.02. The molecule has 0 radical (unpaired) electrons. The first kappa shape index (κ1) is 14.3. The van der Waals surface area contributed by atoms with Gasteiger partial charge in [-0.2, -0.15) is 0 Å². The van der Waals surface area contributed by atoms with Gasteiger partial charge in [-0.15, -0.1) is 0 Å². The highest BCUT2D eigenvalue weighted by Crippen LogP contribution is 2.35. The van der Waals surface area contributed by atoms with Gasteiger partial charge in [0, 0.05) is 5.57 Å². The lowest BCUT2D eigenvalue weighted by Gasteiger charge is -2.09. The van der Waals surface area contributed by atoms with E-state index in [1.54, 1.807) is 13.0 Å². The number of carboxylic acids is 1. The maximum absolute atomic E-state index is 10.7. The first-order valence-corrected chi connectivity index (χ1v) is 6.57. The molecule has 1 N–H and O–H groups in total. The minimum Gasteiger partial charge on any atom is -0.492 e. The molecule has 0 aliphatic rings. The lowest BCUT2D eigenvalue weighted by atomic mass is 10.1. The van der Waals surface area contributed by atoms with E-state index in [0.717, 1.165) is 20.3 Å². The van der Waals surface area contributed by atoms with Gasteiger partial charge in [0.25, 0.3) is 0 Å². The van der Waals surface area contributed by atoms with Crippen LogP contribution in [0, 0.1) is 0 Å². The van der Waals surface area contributed by atoms with Gasteiger partial charge in [0.1, 0.15) is 5.75 Å². The summed E-state index contributed by atoms with van der Waals surface area (Å²) in [6.07, 6.45) is 1.60. The fraction of sp³-hybridized carbons (Fsp3) is 0.250. The Kier molecular flexibility index (Phi) is 5.21. The van der Waals surface area contributed by atoms with E-state index < -0.39 is 5.97 Å². The zero-order chi connectivity index (χ0) is 13.0. The molecule has 0 unspecified atom stereocenters. The molecule has 1 aromatic carbocycles. The second kappa shape index (κ2) is 6.21. The zero-order valence-electron chi connectivity index (χ0n) is 9.46. The quantitative estimate of drug-likeness (QED) is 0.819. The van der Waals surface area contributed by atoms with Crippen molar-refractivity contribution in [2.24, 2.45) is 0 Å². The summed E-state index contributed by atoms with van der Waals surface area (Å²) in [5, 5.41) is 8.80. The molecule has 0 bridgehead atoms. The second-order valence-corrected chi connectivity index (χ2v) is 5.09. The molecule has 5 heteroatoms. The Morgan fingerprint density at radius 2 is 1.94 bits per heavy atom. The maximum Gasteiger partial charge on any atom is 0.331 e. The molecule has 0 saturated heterocycles. The summed E-state index contributed by atoms with van der Waals surface area (Å²) in [4.78, 5) is 10.7. The molecule has 0 saturated carbocycles. The maximum atomic E-state index is 10.7. The van der Waals surface area contributed by atoms with Gasteiger partial charge in [-0.25, -0.2) is 4.79 Å². The van der Waals surface area contributed by atoms with E-state index in [9.17, 15) is 4.79 Å². The van der Waals surface area contributed by atoms with Crippen molar-refractivity contribution in [1.29, 1.82) is 0 Å². The average Bonchev–Trinajstić information content (AvgIpc) is 2.23. The third-order valence-electron chi connectivity index (χ3n) is 2.03. The smallest absolute Gasteiger partial charge is 0.331 e. The van der Waals surface area contributed by atoms with Crippen molar-refractivity contribution in [2.75, 3.05) is 6.61 Å². The molecule has 1 rings (SSSR count). The largest absolute Gasteiger partial charge is 0.492 e.